The molecule has 1 aromatic carbocycles. The highest BCUT2D eigenvalue weighted by atomic mass is 32.2. The van der Waals surface area contributed by atoms with Crippen LogP contribution in [-0.2, 0) is 4.79 Å². The minimum Gasteiger partial charge on any atom is -0.494 e. The van der Waals surface area contributed by atoms with E-state index in [9.17, 15) is 4.79 Å². The van der Waals surface area contributed by atoms with Gasteiger partial charge in [-0.1, -0.05) is 13.3 Å². The lowest BCUT2D eigenvalue weighted by Gasteiger charge is -2.08. The van der Waals surface area contributed by atoms with E-state index in [0.717, 1.165) is 43.1 Å². The largest absolute Gasteiger partial charge is 0.494 e. The van der Waals surface area contributed by atoms with E-state index < -0.39 is 0 Å². The van der Waals surface area contributed by atoms with E-state index in [2.05, 4.69) is 18.5 Å². The third-order valence-electron chi connectivity index (χ3n) is 2.66. The molecule has 0 aliphatic rings. The van der Waals surface area contributed by atoms with Gasteiger partial charge in [-0.3, -0.25) is 4.79 Å². The molecule has 0 saturated heterocycles. The lowest BCUT2D eigenvalue weighted by atomic mass is 10.2. The van der Waals surface area contributed by atoms with Crippen LogP contribution in [0.4, 0.5) is 5.69 Å². The fraction of sp³-hybridized carbons (Fsp3) is 0.533. The summed E-state index contributed by atoms with van der Waals surface area (Å²) in [4.78, 5) is 11.6. The summed E-state index contributed by atoms with van der Waals surface area (Å²) >= 11 is 1.76. The molecule has 1 rings (SSSR count). The van der Waals surface area contributed by atoms with E-state index in [-0.39, 0.29) is 5.91 Å². The molecule has 106 valence electrons. The number of nitrogens with one attached hydrogen (secondary N) is 1. The van der Waals surface area contributed by atoms with Crippen molar-refractivity contribution in [1.29, 1.82) is 0 Å². The Bertz CT molecular complexity index is 365. The van der Waals surface area contributed by atoms with Crippen molar-refractivity contribution in [2.75, 3.05) is 23.9 Å². The molecular formula is C15H23NO2S. The standard InChI is InChI=1S/C15H23NO2S/c1-3-4-11-18-14-9-7-13(8-10-14)16-15(17)6-5-12-19-2/h7-10H,3-6,11-12H2,1-2H3,(H,16,17). The molecule has 0 fully saturated rings. The van der Waals surface area contributed by atoms with Crippen LogP contribution in [0.5, 0.6) is 5.75 Å². The SMILES string of the molecule is CCCCOc1ccc(NC(=O)CCCSC)cc1. The molecular weight excluding hydrogens is 258 g/mol. The van der Waals surface area contributed by atoms with Gasteiger partial charge in [-0.25, -0.2) is 0 Å². The second-order valence-electron chi connectivity index (χ2n) is 4.37. The second-order valence-corrected chi connectivity index (χ2v) is 5.36. The normalized spacial score (nSPS) is 10.2. The Morgan fingerprint density at radius 2 is 2.00 bits per heavy atom. The highest BCUT2D eigenvalue weighted by Gasteiger charge is 2.02. The number of carbonyl (C=O) groups is 1. The molecule has 1 N–H and O–H groups in total. The molecule has 19 heavy (non-hydrogen) atoms. The third-order valence-corrected chi connectivity index (χ3v) is 3.35. The Morgan fingerprint density at radius 1 is 1.26 bits per heavy atom. The maximum atomic E-state index is 11.6. The summed E-state index contributed by atoms with van der Waals surface area (Å²) in [5.74, 6) is 1.96. The first-order chi connectivity index (χ1) is 9.26. The number of benzene rings is 1. The van der Waals surface area contributed by atoms with Crippen LogP contribution < -0.4 is 10.1 Å². The van der Waals surface area contributed by atoms with E-state index in [4.69, 9.17) is 4.74 Å². The Kier molecular flexibility index (Phi) is 8.14. The molecule has 0 heterocycles. The summed E-state index contributed by atoms with van der Waals surface area (Å²) < 4.78 is 5.57. The lowest BCUT2D eigenvalue weighted by Crippen LogP contribution is -2.11. The summed E-state index contributed by atoms with van der Waals surface area (Å²) in [6.07, 6.45) is 5.74. The minimum atomic E-state index is 0.0775. The average Bonchev–Trinajstić information content (AvgIpc) is 2.41. The van der Waals surface area contributed by atoms with Crippen molar-refractivity contribution in [3.63, 3.8) is 0 Å². The number of carbonyl (C=O) groups excluding carboxylic acids is 1. The molecule has 3 nitrogen and oxygen atoms in total. The van der Waals surface area contributed by atoms with Crippen LogP contribution in [0.25, 0.3) is 0 Å². The van der Waals surface area contributed by atoms with E-state index in [1.54, 1.807) is 11.8 Å². The van der Waals surface area contributed by atoms with Crippen LogP contribution in [0.1, 0.15) is 32.6 Å². The number of amides is 1. The molecule has 0 saturated carbocycles. The maximum absolute atomic E-state index is 11.6. The zero-order chi connectivity index (χ0) is 13.9. The zero-order valence-corrected chi connectivity index (χ0v) is 12.6. The summed E-state index contributed by atoms with van der Waals surface area (Å²) in [7, 11) is 0. The maximum Gasteiger partial charge on any atom is 0.224 e. The Labute approximate surface area is 120 Å². The fourth-order valence-corrected chi connectivity index (χ4v) is 2.00. The third kappa shape index (κ3) is 7.11. The molecule has 0 spiro atoms. The van der Waals surface area contributed by atoms with E-state index in [1.807, 2.05) is 24.3 Å². The molecule has 0 radical (unpaired) electrons. The molecule has 0 aliphatic carbocycles. The van der Waals surface area contributed by atoms with Gasteiger partial charge in [-0.15, -0.1) is 0 Å². The van der Waals surface area contributed by atoms with Gasteiger partial charge in [0.15, 0.2) is 0 Å². The van der Waals surface area contributed by atoms with E-state index in [1.165, 1.54) is 0 Å². The van der Waals surface area contributed by atoms with Gasteiger partial charge in [0.2, 0.25) is 5.91 Å². The summed E-state index contributed by atoms with van der Waals surface area (Å²) in [5, 5.41) is 2.89. The number of thioether (sulfide) groups is 1. The molecule has 1 amide bonds. The molecule has 0 aliphatic heterocycles. The number of unbranched alkanes of at least 4 members (excludes halogenated alkanes) is 1. The van der Waals surface area contributed by atoms with Crippen molar-refractivity contribution >= 4 is 23.4 Å². The average molecular weight is 281 g/mol. The summed E-state index contributed by atoms with van der Waals surface area (Å²) in [5.41, 5.74) is 0.831. The van der Waals surface area contributed by atoms with Gasteiger partial charge in [0, 0.05) is 12.1 Å². The van der Waals surface area contributed by atoms with Gasteiger partial charge in [-0.2, -0.15) is 11.8 Å². The predicted octanol–water partition coefficient (Wildman–Crippen LogP) is 3.95. The van der Waals surface area contributed by atoms with Gasteiger partial charge in [0.25, 0.3) is 0 Å². The van der Waals surface area contributed by atoms with Gasteiger partial charge < -0.3 is 10.1 Å². The van der Waals surface area contributed by atoms with Gasteiger partial charge in [0.05, 0.1) is 6.61 Å². The van der Waals surface area contributed by atoms with Crippen molar-refractivity contribution in [3.05, 3.63) is 24.3 Å². The fourth-order valence-electron chi connectivity index (χ4n) is 1.57. The molecule has 0 atom stereocenters. The molecule has 0 unspecified atom stereocenters. The van der Waals surface area contributed by atoms with Crippen LogP contribution in [0.2, 0.25) is 0 Å². The monoisotopic (exact) mass is 281 g/mol. The predicted molar refractivity (Wildman–Crippen MR) is 83.1 cm³/mol. The first-order valence-electron chi connectivity index (χ1n) is 6.78. The Balaban J connectivity index is 2.32. The van der Waals surface area contributed by atoms with Crippen LogP contribution in [0.3, 0.4) is 0 Å². The quantitative estimate of drug-likeness (QED) is 0.697. The smallest absolute Gasteiger partial charge is 0.224 e. The van der Waals surface area contributed by atoms with Crippen LogP contribution in [0.15, 0.2) is 24.3 Å². The number of hydrogen-bond acceptors (Lipinski definition) is 3. The number of ether oxygens (including phenoxy) is 1. The Morgan fingerprint density at radius 3 is 2.63 bits per heavy atom. The first-order valence-corrected chi connectivity index (χ1v) is 8.17. The van der Waals surface area contributed by atoms with Crippen LogP contribution >= 0.6 is 11.8 Å². The van der Waals surface area contributed by atoms with E-state index >= 15 is 0 Å². The highest BCUT2D eigenvalue weighted by Crippen LogP contribution is 2.16. The van der Waals surface area contributed by atoms with Crippen molar-refractivity contribution in [2.24, 2.45) is 0 Å². The van der Waals surface area contributed by atoms with Crippen molar-refractivity contribution in [1.82, 2.24) is 0 Å². The van der Waals surface area contributed by atoms with Crippen LogP contribution in [-0.4, -0.2) is 24.5 Å². The van der Waals surface area contributed by atoms with Gasteiger partial charge in [-0.05, 0) is 49.1 Å². The van der Waals surface area contributed by atoms with Crippen molar-refractivity contribution in [3.8, 4) is 5.75 Å². The number of anilines is 1. The van der Waals surface area contributed by atoms with Crippen LogP contribution in [0, 0.1) is 0 Å². The molecule has 4 heteroatoms. The lowest BCUT2D eigenvalue weighted by molar-refractivity contribution is -0.116. The first kappa shape index (κ1) is 15.9. The van der Waals surface area contributed by atoms with Crippen molar-refractivity contribution in [2.45, 2.75) is 32.6 Å². The summed E-state index contributed by atoms with van der Waals surface area (Å²) in [6, 6.07) is 7.56. The zero-order valence-electron chi connectivity index (χ0n) is 11.8. The number of rotatable bonds is 9. The molecule has 0 bridgehead atoms. The second kappa shape index (κ2) is 9.73. The minimum absolute atomic E-state index is 0.0775. The topological polar surface area (TPSA) is 38.3 Å². The van der Waals surface area contributed by atoms with Gasteiger partial charge >= 0.3 is 0 Å². The molecule has 1 aromatic rings. The Hall–Kier alpha value is -1.16. The van der Waals surface area contributed by atoms with Gasteiger partial charge in [0.1, 0.15) is 5.75 Å². The number of hydrogen-bond donors (Lipinski definition) is 1. The molecule has 0 aromatic heterocycles. The van der Waals surface area contributed by atoms with Crippen molar-refractivity contribution < 1.29 is 9.53 Å². The highest BCUT2D eigenvalue weighted by molar-refractivity contribution is 7.98. The summed E-state index contributed by atoms with van der Waals surface area (Å²) in [6.45, 7) is 2.88. The van der Waals surface area contributed by atoms with E-state index in [0.29, 0.717) is 6.42 Å².